The lowest BCUT2D eigenvalue weighted by molar-refractivity contribution is -0.384. The Morgan fingerprint density at radius 1 is 1.14 bits per heavy atom. The number of hydrogen-bond acceptors (Lipinski definition) is 5. The van der Waals surface area contributed by atoms with Gasteiger partial charge in [-0.3, -0.25) is 10.1 Å². The fraction of sp³-hybridized carbons (Fsp3) is 0.250. The molecule has 0 saturated heterocycles. The van der Waals surface area contributed by atoms with Crippen LogP contribution in [0.25, 0.3) is 0 Å². The molecule has 1 N–H and O–H groups in total. The summed E-state index contributed by atoms with van der Waals surface area (Å²) in [6.07, 6.45) is -0.0482. The van der Waals surface area contributed by atoms with Crippen LogP contribution in [0, 0.1) is 10.1 Å². The molecule has 0 amide bonds. The first-order valence-corrected chi connectivity index (χ1v) is 7.05. The van der Waals surface area contributed by atoms with Gasteiger partial charge in [0.25, 0.3) is 5.69 Å². The molecule has 114 valence electrons. The van der Waals surface area contributed by atoms with Gasteiger partial charge >= 0.3 is 0 Å². The number of hydrogen-bond donors (Lipinski definition) is 1. The van der Waals surface area contributed by atoms with E-state index in [4.69, 9.17) is 9.47 Å². The highest BCUT2D eigenvalue weighted by atomic mass is 16.6. The fourth-order valence-corrected chi connectivity index (χ4v) is 2.28. The molecule has 1 aliphatic heterocycles. The first kappa shape index (κ1) is 14.3. The van der Waals surface area contributed by atoms with Crippen LogP contribution in [-0.2, 0) is 6.54 Å². The third-order valence-corrected chi connectivity index (χ3v) is 3.42. The first-order chi connectivity index (χ1) is 10.7. The van der Waals surface area contributed by atoms with Gasteiger partial charge < -0.3 is 14.8 Å². The largest absolute Gasteiger partial charge is 0.486 e. The van der Waals surface area contributed by atoms with Crippen molar-refractivity contribution in [2.75, 3.05) is 13.2 Å². The maximum absolute atomic E-state index is 10.6. The van der Waals surface area contributed by atoms with Crippen LogP contribution in [-0.4, -0.2) is 24.2 Å². The van der Waals surface area contributed by atoms with Crippen LogP contribution in [0.4, 0.5) is 5.69 Å². The molecule has 0 fully saturated rings. The van der Waals surface area contributed by atoms with E-state index in [0.717, 1.165) is 17.1 Å². The fourth-order valence-electron chi connectivity index (χ4n) is 2.28. The molecule has 0 bridgehead atoms. The molecule has 6 nitrogen and oxygen atoms in total. The van der Waals surface area contributed by atoms with Crippen LogP contribution in [0.15, 0.2) is 48.5 Å². The summed E-state index contributed by atoms with van der Waals surface area (Å²) >= 11 is 0. The maximum atomic E-state index is 10.6. The van der Waals surface area contributed by atoms with Gasteiger partial charge in [0.2, 0.25) is 0 Å². The van der Waals surface area contributed by atoms with Crippen molar-refractivity contribution >= 4 is 5.69 Å². The highest BCUT2D eigenvalue weighted by Gasteiger charge is 2.19. The summed E-state index contributed by atoms with van der Waals surface area (Å²) in [4.78, 5) is 10.2. The van der Waals surface area contributed by atoms with Gasteiger partial charge in [-0.25, -0.2) is 0 Å². The van der Waals surface area contributed by atoms with E-state index in [2.05, 4.69) is 5.32 Å². The van der Waals surface area contributed by atoms with Crippen molar-refractivity contribution in [2.45, 2.75) is 12.6 Å². The summed E-state index contributed by atoms with van der Waals surface area (Å²) in [6, 6.07) is 14.1. The van der Waals surface area contributed by atoms with Gasteiger partial charge in [0.05, 0.1) is 4.92 Å². The van der Waals surface area contributed by atoms with E-state index in [1.807, 2.05) is 24.3 Å². The Morgan fingerprint density at radius 3 is 2.59 bits per heavy atom. The van der Waals surface area contributed by atoms with Gasteiger partial charge in [-0.2, -0.15) is 0 Å². The second-order valence-corrected chi connectivity index (χ2v) is 5.05. The Balaban J connectivity index is 1.49. The number of rotatable bonds is 5. The van der Waals surface area contributed by atoms with Gasteiger partial charge in [0.15, 0.2) is 11.5 Å². The number of fused-ring (bicyclic) bond motifs is 1. The number of ether oxygens (including phenoxy) is 2. The lowest BCUT2D eigenvalue weighted by Crippen LogP contribution is -2.38. The van der Waals surface area contributed by atoms with Gasteiger partial charge in [-0.15, -0.1) is 0 Å². The van der Waals surface area contributed by atoms with E-state index < -0.39 is 4.92 Å². The van der Waals surface area contributed by atoms with Crippen molar-refractivity contribution in [1.82, 2.24) is 5.32 Å². The lowest BCUT2D eigenvalue weighted by Gasteiger charge is -2.26. The Morgan fingerprint density at radius 2 is 1.86 bits per heavy atom. The van der Waals surface area contributed by atoms with Crippen molar-refractivity contribution in [3.8, 4) is 11.5 Å². The normalized spacial score (nSPS) is 16.3. The van der Waals surface area contributed by atoms with E-state index in [1.54, 1.807) is 12.1 Å². The smallest absolute Gasteiger partial charge is 0.269 e. The van der Waals surface area contributed by atoms with Gasteiger partial charge in [-0.1, -0.05) is 24.3 Å². The van der Waals surface area contributed by atoms with Crippen LogP contribution < -0.4 is 14.8 Å². The Bertz CT molecular complexity index is 657. The molecule has 0 aliphatic carbocycles. The van der Waals surface area contributed by atoms with Crippen molar-refractivity contribution in [3.05, 3.63) is 64.2 Å². The third-order valence-electron chi connectivity index (χ3n) is 3.42. The lowest BCUT2D eigenvalue weighted by atomic mass is 10.2. The number of para-hydroxylation sites is 2. The molecule has 0 aromatic heterocycles. The predicted octanol–water partition coefficient (Wildman–Crippen LogP) is 2.52. The standard InChI is InChI=1S/C16H16N2O4/c19-18(20)13-7-5-12(6-8-13)9-17-10-14-11-21-15-3-1-2-4-16(15)22-14/h1-8,14,17H,9-11H2/t14-/m0/s1. The second-order valence-electron chi connectivity index (χ2n) is 5.05. The number of benzene rings is 2. The molecular weight excluding hydrogens is 284 g/mol. The van der Waals surface area contributed by atoms with E-state index in [-0.39, 0.29) is 11.8 Å². The third kappa shape index (κ3) is 3.35. The number of nitrogens with zero attached hydrogens (tertiary/aromatic N) is 1. The van der Waals surface area contributed by atoms with Gasteiger partial charge in [0.1, 0.15) is 12.7 Å². The van der Waals surface area contributed by atoms with Crippen molar-refractivity contribution in [1.29, 1.82) is 0 Å². The molecule has 3 rings (SSSR count). The summed E-state index contributed by atoms with van der Waals surface area (Å²) in [6.45, 7) is 1.77. The van der Waals surface area contributed by atoms with Crippen LogP contribution in [0.1, 0.15) is 5.56 Å². The van der Waals surface area contributed by atoms with E-state index in [9.17, 15) is 10.1 Å². The highest BCUT2D eigenvalue weighted by molar-refractivity contribution is 5.40. The quantitative estimate of drug-likeness (QED) is 0.678. The summed E-state index contributed by atoms with van der Waals surface area (Å²) in [5.74, 6) is 1.53. The number of nitro groups is 1. The summed E-state index contributed by atoms with van der Waals surface area (Å²) < 4.78 is 11.5. The number of nitro benzene ring substituents is 1. The molecule has 1 atom stereocenters. The summed E-state index contributed by atoms with van der Waals surface area (Å²) in [7, 11) is 0. The van der Waals surface area contributed by atoms with Crippen LogP contribution in [0.2, 0.25) is 0 Å². The van der Waals surface area contributed by atoms with Crippen molar-refractivity contribution < 1.29 is 14.4 Å². The van der Waals surface area contributed by atoms with Gasteiger partial charge in [0, 0.05) is 25.2 Å². The molecule has 2 aromatic rings. The zero-order valence-electron chi connectivity index (χ0n) is 11.9. The minimum absolute atomic E-state index is 0.0482. The number of non-ortho nitro benzene ring substituents is 1. The molecule has 0 saturated carbocycles. The van der Waals surface area contributed by atoms with E-state index in [1.165, 1.54) is 12.1 Å². The minimum Gasteiger partial charge on any atom is -0.486 e. The SMILES string of the molecule is O=[N+]([O-])c1ccc(CNC[C@H]2COc3ccccc3O2)cc1. The Labute approximate surface area is 127 Å². The monoisotopic (exact) mass is 300 g/mol. The first-order valence-electron chi connectivity index (χ1n) is 7.05. The van der Waals surface area contributed by atoms with E-state index >= 15 is 0 Å². The highest BCUT2D eigenvalue weighted by Crippen LogP contribution is 2.30. The molecule has 1 heterocycles. The van der Waals surface area contributed by atoms with E-state index in [0.29, 0.717) is 19.7 Å². The number of nitrogens with one attached hydrogen (secondary N) is 1. The summed E-state index contributed by atoms with van der Waals surface area (Å²) in [5.41, 5.74) is 1.09. The average molecular weight is 300 g/mol. The molecule has 0 spiro atoms. The van der Waals surface area contributed by atoms with Crippen LogP contribution >= 0.6 is 0 Å². The molecule has 0 unspecified atom stereocenters. The zero-order chi connectivity index (χ0) is 15.4. The van der Waals surface area contributed by atoms with Crippen molar-refractivity contribution in [3.63, 3.8) is 0 Å². The van der Waals surface area contributed by atoms with Crippen LogP contribution in [0.5, 0.6) is 11.5 Å². The predicted molar refractivity (Wildman–Crippen MR) is 81.2 cm³/mol. The Kier molecular flexibility index (Phi) is 4.20. The molecule has 2 aromatic carbocycles. The van der Waals surface area contributed by atoms with Gasteiger partial charge in [-0.05, 0) is 17.7 Å². The second kappa shape index (κ2) is 6.44. The topological polar surface area (TPSA) is 73.6 Å². The van der Waals surface area contributed by atoms with Crippen molar-refractivity contribution in [2.24, 2.45) is 0 Å². The average Bonchev–Trinajstić information content (AvgIpc) is 2.55. The zero-order valence-corrected chi connectivity index (χ0v) is 11.9. The molecule has 0 radical (unpaired) electrons. The molecule has 1 aliphatic rings. The molecular formula is C16H16N2O4. The molecule has 6 heteroatoms. The Hall–Kier alpha value is -2.60. The van der Waals surface area contributed by atoms with Crippen LogP contribution in [0.3, 0.4) is 0 Å². The minimum atomic E-state index is -0.401. The maximum Gasteiger partial charge on any atom is 0.269 e. The molecule has 22 heavy (non-hydrogen) atoms. The summed E-state index contributed by atoms with van der Waals surface area (Å²) in [5, 5.41) is 13.9.